The normalized spacial score (nSPS) is 14.1. The van der Waals surface area contributed by atoms with E-state index in [9.17, 15) is 9.59 Å². The first-order valence-corrected chi connectivity index (χ1v) is 9.01. The Labute approximate surface area is 158 Å². The van der Waals surface area contributed by atoms with E-state index < -0.39 is 0 Å². The fourth-order valence-electron chi connectivity index (χ4n) is 2.97. The minimum Gasteiger partial charge on any atom is -0.342 e. The molecule has 0 spiro atoms. The Morgan fingerprint density at radius 2 is 1.89 bits per heavy atom. The molecule has 0 atom stereocenters. The van der Waals surface area contributed by atoms with Crippen molar-refractivity contribution in [3.05, 3.63) is 47.5 Å². The average Bonchev–Trinajstić information content (AvgIpc) is 2.71. The summed E-state index contributed by atoms with van der Waals surface area (Å²) in [5.74, 6) is 0.425. The smallest absolute Gasteiger partial charge is 0.272 e. The van der Waals surface area contributed by atoms with E-state index in [1.54, 1.807) is 35.3 Å². The van der Waals surface area contributed by atoms with Crippen molar-refractivity contribution in [2.75, 3.05) is 44.7 Å². The highest BCUT2D eigenvalue weighted by molar-refractivity contribution is 5.92. The molecule has 0 aromatic carbocycles. The maximum atomic E-state index is 12.8. The van der Waals surface area contributed by atoms with Gasteiger partial charge in [-0.15, -0.1) is 0 Å². The molecule has 1 aliphatic heterocycles. The van der Waals surface area contributed by atoms with E-state index in [-0.39, 0.29) is 5.91 Å². The van der Waals surface area contributed by atoms with E-state index in [0.29, 0.717) is 44.4 Å². The third kappa shape index (κ3) is 4.78. The minimum absolute atomic E-state index is 0.123. The Hall–Kier alpha value is -3.03. The molecule has 142 valence electrons. The molecule has 27 heavy (non-hydrogen) atoms. The lowest BCUT2D eigenvalue weighted by molar-refractivity contribution is -0.118. The van der Waals surface area contributed by atoms with Crippen LogP contribution in [0.5, 0.6) is 0 Å². The number of aryl methyl sites for hydroxylation is 1. The van der Waals surface area contributed by atoms with Crippen molar-refractivity contribution in [3.8, 4) is 0 Å². The van der Waals surface area contributed by atoms with Crippen LogP contribution in [0.25, 0.3) is 0 Å². The van der Waals surface area contributed by atoms with Gasteiger partial charge in [-0.2, -0.15) is 0 Å². The zero-order chi connectivity index (χ0) is 19.2. The molecule has 2 aromatic rings. The van der Waals surface area contributed by atoms with E-state index in [2.05, 4.69) is 15.0 Å². The van der Waals surface area contributed by atoms with Gasteiger partial charge in [-0.25, -0.2) is 9.97 Å². The van der Waals surface area contributed by atoms with Gasteiger partial charge in [0, 0.05) is 57.9 Å². The fourth-order valence-corrected chi connectivity index (χ4v) is 2.97. The number of rotatable bonds is 6. The highest BCUT2D eigenvalue weighted by Crippen LogP contribution is 2.14. The number of hydrogen-bond acceptors (Lipinski definition) is 6. The third-order valence-corrected chi connectivity index (χ3v) is 4.64. The van der Waals surface area contributed by atoms with Crippen molar-refractivity contribution < 1.29 is 9.59 Å². The molecule has 8 nitrogen and oxygen atoms in total. The number of aromatic nitrogens is 3. The minimum atomic E-state index is -0.123. The largest absolute Gasteiger partial charge is 0.342 e. The predicted octanol–water partition coefficient (Wildman–Crippen LogP) is 0.773. The van der Waals surface area contributed by atoms with Gasteiger partial charge in [-0.1, -0.05) is 0 Å². The summed E-state index contributed by atoms with van der Waals surface area (Å²) in [7, 11) is 1.78. The Bertz CT molecular complexity index is 790. The first kappa shape index (κ1) is 18.8. The molecule has 0 bridgehead atoms. The number of amides is 2. The molecule has 8 heteroatoms. The summed E-state index contributed by atoms with van der Waals surface area (Å²) in [6.45, 7) is 5.05. The standard InChI is InChI=1S/C19H24N6O2/c1-15-13-17(18(27)23(2)8-5-16-3-6-20-7-4-16)22-19(21-15)25-11-9-24(14-26)10-12-25/h3-4,6-7,13-14H,5,8-12H2,1-2H3. The SMILES string of the molecule is Cc1cc(C(=O)N(C)CCc2ccncc2)nc(N2CCN(C=O)CC2)n1. The first-order valence-electron chi connectivity index (χ1n) is 9.01. The number of likely N-dealkylation sites (N-methyl/N-ethyl adjacent to an activating group) is 1. The monoisotopic (exact) mass is 368 g/mol. The Morgan fingerprint density at radius 3 is 2.56 bits per heavy atom. The first-order chi connectivity index (χ1) is 13.1. The summed E-state index contributed by atoms with van der Waals surface area (Å²) in [4.78, 5) is 42.1. The predicted molar refractivity (Wildman–Crippen MR) is 102 cm³/mol. The Morgan fingerprint density at radius 1 is 1.19 bits per heavy atom. The van der Waals surface area contributed by atoms with Crippen LogP contribution >= 0.6 is 0 Å². The second-order valence-corrected chi connectivity index (χ2v) is 6.66. The number of carbonyl (C=O) groups excluding carboxylic acids is 2. The van der Waals surface area contributed by atoms with Crippen LogP contribution in [0.3, 0.4) is 0 Å². The van der Waals surface area contributed by atoms with Crippen LogP contribution in [0.2, 0.25) is 0 Å². The molecule has 0 saturated carbocycles. The van der Waals surface area contributed by atoms with Crippen LogP contribution in [0, 0.1) is 6.92 Å². The second kappa shape index (κ2) is 8.57. The summed E-state index contributed by atoms with van der Waals surface area (Å²) < 4.78 is 0. The molecule has 0 N–H and O–H groups in total. The molecule has 0 radical (unpaired) electrons. The highest BCUT2D eigenvalue weighted by Gasteiger charge is 2.21. The number of pyridine rings is 1. The van der Waals surface area contributed by atoms with E-state index in [0.717, 1.165) is 24.1 Å². The number of carbonyl (C=O) groups is 2. The van der Waals surface area contributed by atoms with Crippen LogP contribution < -0.4 is 4.90 Å². The molecule has 2 amide bonds. The molecule has 3 rings (SSSR count). The van der Waals surface area contributed by atoms with Crippen LogP contribution in [0.1, 0.15) is 21.7 Å². The van der Waals surface area contributed by atoms with Crippen LogP contribution in [-0.4, -0.2) is 76.8 Å². The molecule has 0 unspecified atom stereocenters. The van der Waals surface area contributed by atoms with E-state index in [1.165, 1.54) is 0 Å². The van der Waals surface area contributed by atoms with Gasteiger partial charge in [0.05, 0.1) is 0 Å². The lowest BCUT2D eigenvalue weighted by Gasteiger charge is -2.32. The third-order valence-electron chi connectivity index (χ3n) is 4.64. The van der Waals surface area contributed by atoms with Gasteiger partial charge >= 0.3 is 0 Å². The van der Waals surface area contributed by atoms with Gasteiger partial charge in [-0.05, 0) is 37.1 Å². The van der Waals surface area contributed by atoms with Gasteiger partial charge < -0.3 is 14.7 Å². The lowest BCUT2D eigenvalue weighted by atomic mass is 10.2. The van der Waals surface area contributed by atoms with Gasteiger partial charge in [0.1, 0.15) is 5.69 Å². The van der Waals surface area contributed by atoms with Gasteiger partial charge in [0.15, 0.2) is 0 Å². The van der Waals surface area contributed by atoms with Gasteiger partial charge in [0.2, 0.25) is 12.4 Å². The number of hydrogen-bond donors (Lipinski definition) is 0. The van der Waals surface area contributed by atoms with Crippen molar-refractivity contribution in [2.24, 2.45) is 0 Å². The number of anilines is 1. The quantitative estimate of drug-likeness (QED) is 0.701. The summed E-state index contributed by atoms with van der Waals surface area (Å²) in [5.41, 5.74) is 2.29. The van der Waals surface area contributed by atoms with Crippen LogP contribution in [0.15, 0.2) is 30.6 Å². The molecule has 0 aliphatic carbocycles. The summed E-state index contributed by atoms with van der Waals surface area (Å²) in [6.07, 6.45) is 5.12. The maximum absolute atomic E-state index is 12.8. The zero-order valence-corrected chi connectivity index (χ0v) is 15.7. The maximum Gasteiger partial charge on any atom is 0.272 e. The van der Waals surface area contributed by atoms with E-state index in [4.69, 9.17) is 0 Å². The van der Waals surface area contributed by atoms with Crippen molar-refractivity contribution in [1.29, 1.82) is 0 Å². The summed E-state index contributed by atoms with van der Waals surface area (Å²) in [6, 6.07) is 5.62. The molecular formula is C19H24N6O2. The number of nitrogens with zero attached hydrogens (tertiary/aromatic N) is 6. The average molecular weight is 368 g/mol. The summed E-state index contributed by atoms with van der Waals surface area (Å²) >= 11 is 0. The molecule has 1 fully saturated rings. The van der Waals surface area contributed by atoms with Crippen LogP contribution in [0.4, 0.5) is 5.95 Å². The Kier molecular flexibility index (Phi) is 5.95. The fraction of sp³-hybridized carbons (Fsp3) is 0.421. The molecule has 1 saturated heterocycles. The van der Waals surface area contributed by atoms with Crippen molar-refractivity contribution in [1.82, 2.24) is 24.8 Å². The van der Waals surface area contributed by atoms with E-state index in [1.807, 2.05) is 24.0 Å². The molecule has 1 aliphatic rings. The zero-order valence-electron chi connectivity index (χ0n) is 15.7. The van der Waals surface area contributed by atoms with Crippen molar-refractivity contribution >= 4 is 18.3 Å². The topological polar surface area (TPSA) is 82.5 Å². The van der Waals surface area contributed by atoms with Crippen LogP contribution in [-0.2, 0) is 11.2 Å². The van der Waals surface area contributed by atoms with Crippen molar-refractivity contribution in [3.63, 3.8) is 0 Å². The highest BCUT2D eigenvalue weighted by atomic mass is 16.2. The number of piperazine rings is 1. The van der Waals surface area contributed by atoms with Gasteiger partial charge in [0.25, 0.3) is 5.91 Å². The molecular weight excluding hydrogens is 344 g/mol. The van der Waals surface area contributed by atoms with Gasteiger partial charge in [-0.3, -0.25) is 14.6 Å². The summed E-state index contributed by atoms with van der Waals surface area (Å²) in [5, 5.41) is 0. The molecule has 3 heterocycles. The van der Waals surface area contributed by atoms with Crippen molar-refractivity contribution in [2.45, 2.75) is 13.3 Å². The van der Waals surface area contributed by atoms with E-state index >= 15 is 0 Å². The Balaban J connectivity index is 1.67. The molecule has 2 aromatic heterocycles. The second-order valence-electron chi connectivity index (χ2n) is 6.66. The lowest BCUT2D eigenvalue weighted by Crippen LogP contribution is -2.46.